The van der Waals surface area contributed by atoms with E-state index in [1.54, 1.807) is 0 Å². The van der Waals surface area contributed by atoms with Gasteiger partial charge in [0.2, 0.25) is 0 Å². The molecule has 0 aliphatic carbocycles. The molecule has 9 heteroatoms. The SMILES string of the molecule is O=C(O)NC(=O)Nc1ccc(F)c(C(F)(F)F)c1. The van der Waals surface area contributed by atoms with Gasteiger partial charge < -0.3 is 10.4 Å². The number of urea groups is 1. The number of anilines is 1. The Labute approximate surface area is 97.4 Å². The minimum Gasteiger partial charge on any atom is -0.465 e. The number of benzene rings is 1. The Kier molecular flexibility index (Phi) is 3.74. The van der Waals surface area contributed by atoms with Crippen molar-refractivity contribution in [1.29, 1.82) is 0 Å². The van der Waals surface area contributed by atoms with Gasteiger partial charge in [0.05, 0.1) is 5.56 Å². The van der Waals surface area contributed by atoms with Crippen LogP contribution in [-0.2, 0) is 6.18 Å². The van der Waals surface area contributed by atoms with Crippen LogP contribution in [0, 0.1) is 5.82 Å². The van der Waals surface area contributed by atoms with E-state index >= 15 is 0 Å². The zero-order valence-corrected chi connectivity index (χ0v) is 8.51. The summed E-state index contributed by atoms with van der Waals surface area (Å²) in [6, 6.07) is 0.490. The number of amides is 3. The molecule has 0 atom stereocenters. The molecule has 0 bridgehead atoms. The number of halogens is 4. The first-order valence-electron chi connectivity index (χ1n) is 4.38. The lowest BCUT2D eigenvalue weighted by atomic mass is 10.2. The maximum atomic E-state index is 12.9. The Morgan fingerprint density at radius 3 is 2.33 bits per heavy atom. The van der Waals surface area contributed by atoms with Gasteiger partial charge in [0.15, 0.2) is 0 Å². The molecule has 1 aromatic rings. The van der Waals surface area contributed by atoms with Gasteiger partial charge in [-0.2, -0.15) is 13.2 Å². The van der Waals surface area contributed by atoms with Crippen molar-refractivity contribution in [3.63, 3.8) is 0 Å². The third kappa shape index (κ3) is 3.61. The Bertz CT molecular complexity index is 487. The molecule has 18 heavy (non-hydrogen) atoms. The molecular weight excluding hydrogens is 260 g/mol. The van der Waals surface area contributed by atoms with Gasteiger partial charge in [0.1, 0.15) is 5.82 Å². The van der Waals surface area contributed by atoms with Gasteiger partial charge in [-0.15, -0.1) is 0 Å². The molecule has 0 spiro atoms. The molecule has 0 aliphatic heterocycles. The lowest BCUT2D eigenvalue weighted by molar-refractivity contribution is -0.139. The highest BCUT2D eigenvalue weighted by Gasteiger charge is 2.34. The van der Waals surface area contributed by atoms with Gasteiger partial charge >= 0.3 is 18.3 Å². The van der Waals surface area contributed by atoms with Crippen LogP contribution < -0.4 is 10.6 Å². The molecule has 0 aliphatic rings. The summed E-state index contributed by atoms with van der Waals surface area (Å²) in [6.07, 6.45) is -6.59. The summed E-state index contributed by atoms with van der Waals surface area (Å²) in [5.41, 5.74) is -1.95. The van der Waals surface area contributed by atoms with Crippen molar-refractivity contribution in [2.45, 2.75) is 6.18 Å². The van der Waals surface area contributed by atoms with Crippen LogP contribution in [0.2, 0.25) is 0 Å². The predicted molar refractivity (Wildman–Crippen MR) is 51.6 cm³/mol. The van der Waals surface area contributed by atoms with Gasteiger partial charge in [-0.25, -0.2) is 19.3 Å². The van der Waals surface area contributed by atoms with Crippen molar-refractivity contribution in [3.8, 4) is 0 Å². The van der Waals surface area contributed by atoms with Gasteiger partial charge in [-0.3, -0.25) is 0 Å². The fourth-order valence-electron chi connectivity index (χ4n) is 1.08. The first kappa shape index (κ1) is 13.7. The third-order valence-corrected chi connectivity index (χ3v) is 1.75. The smallest absolute Gasteiger partial charge is 0.419 e. The summed E-state index contributed by atoms with van der Waals surface area (Å²) in [5, 5.41) is 11.3. The van der Waals surface area contributed by atoms with Crippen molar-refractivity contribution in [2.75, 3.05) is 5.32 Å². The van der Waals surface area contributed by atoms with Crippen molar-refractivity contribution in [3.05, 3.63) is 29.6 Å². The molecule has 1 rings (SSSR count). The Morgan fingerprint density at radius 2 is 1.83 bits per heavy atom. The molecule has 1 aromatic carbocycles. The highest BCUT2D eigenvalue weighted by molar-refractivity contribution is 5.98. The molecule has 0 unspecified atom stereocenters. The summed E-state index contributed by atoms with van der Waals surface area (Å²) in [7, 11) is 0. The van der Waals surface area contributed by atoms with Crippen LogP contribution in [0.25, 0.3) is 0 Å². The fourth-order valence-corrected chi connectivity index (χ4v) is 1.08. The van der Waals surface area contributed by atoms with Crippen LogP contribution in [-0.4, -0.2) is 17.2 Å². The highest BCUT2D eigenvalue weighted by Crippen LogP contribution is 2.32. The molecule has 3 amide bonds. The number of imide groups is 1. The molecule has 0 saturated heterocycles. The first-order valence-corrected chi connectivity index (χ1v) is 4.38. The number of alkyl halides is 3. The molecule has 5 nitrogen and oxygen atoms in total. The zero-order valence-electron chi connectivity index (χ0n) is 8.51. The number of nitrogens with one attached hydrogen (secondary N) is 2. The number of carboxylic acid groups (broad SMARTS) is 1. The number of hydrogen-bond acceptors (Lipinski definition) is 2. The minimum absolute atomic E-state index is 0.358. The summed E-state index contributed by atoms with van der Waals surface area (Å²) in [4.78, 5) is 21.0. The number of carbonyl (C=O) groups is 2. The van der Waals surface area contributed by atoms with E-state index in [-0.39, 0.29) is 5.69 Å². The fraction of sp³-hybridized carbons (Fsp3) is 0.111. The van der Waals surface area contributed by atoms with Crippen molar-refractivity contribution < 1.29 is 32.3 Å². The van der Waals surface area contributed by atoms with Crippen molar-refractivity contribution >= 4 is 17.8 Å². The summed E-state index contributed by atoms with van der Waals surface area (Å²) < 4.78 is 49.8. The van der Waals surface area contributed by atoms with Gasteiger partial charge in [-0.1, -0.05) is 0 Å². The molecule has 0 saturated carbocycles. The Hall–Kier alpha value is -2.32. The average Bonchev–Trinajstić information content (AvgIpc) is 2.17. The monoisotopic (exact) mass is 266 g/mol. The highest BCUT2D eigenvalue weighted by atomic mass is 19.4. The molecular formula is C9H6F4N2O3. The first-order chi connectivity index (χ1) is 8.20. The molecule has 98 valence electrons. The quantitative estimate of drug-likeness (QED) is 0.684. The van der Waals surface area contributed by atoms with Crippen LogP contribution in [0.4, 0.5) is 32.8 Å². The summed E-state index contributed by atoms with van der Waals surface area (Å²) in [5.74, 6) is -1.49. The van der Waals surface area contributed by atoms with E-state index in [4.69, 9.17) is 5.11 Å². The van der Waals surface area contributed by atoms with Crippen molar-refractivity contribution in [2.24, 2.45) is 0 Å². The number of carbonyl (C=O) groups excluding carboxylic acids is 1. The molecule has 3 N–H and O–H groups in total. The Morgan fingerprint density at radius 1 is 1.22 bits per heavy atom. The van der Waals surface area contributed by atoms with Crippen molar-refractivity contribution in [1.82, 2.24) is 5.32 Å². The van der Waals surface area contributed by atoms with Crippen LogP contribution in [0.15, 0.2) is 18.2 Å². The summed E-state index contributed by atoms with van der Waals surface area (Å²) in [6.45, 7) is 0. The summed E-state index contributed by atoms with van der Waals surface area (Å²) >= 11 is 0. The zero-order chi connectivity index (χ0) is 13.9. The molecule has 0 aromatic heterocycles. The molecule has 0 fully saturated rings. The number of rotatable bonds is 1. The van der Waals surface area contributed by atoms with E-state index in [9.17, 15) is 27.2 Å². The van der Waals surface area contributed by atoms with E-state index in [2.05, 4.69) is 0 Å². The second-order valence-electron chi connectivity index (χ2n) is 3.08. The van der Waals surface area contributed by atoms with Gasteiger partial charge in [0, 0.05) is 5.69 Å². The van der Waals surface area contributed by atoms with Crippen LogP contribution in [0.5, 0.6) is 0 Å². The van der Waals surface area contributed by atoms with E-state index in [0.29, 0.717) is 12.1 Å². The third-order valence-electron chi connectivity index (χ3n) is 1.75. The largest absolute Gasteiger partial charge is 0.465 e. The van der Waals surface area contributed by atoms with Gasteiger partial charge in [0.25, 0.3) is 0 Å². The molecule has 0 radical (unpaired) electrons. The Balaban J connectivity index is 2.92. The lowest BCUT2D eigenvalue weighted by Crippen LogP contribution is -2.33. The van der Waals surface area contributed by atoms with Crippen LogP contribution >= 0.6 is 0 Å². The van der Waals surface area contributed by atoms with Gasteiger partial charge in [-0.05, 0) is 18.2 Å². The second kappa shape index (κ2) is 4.90. The molecule has 0 heterocycles. The maximum absolute atomic E-state index is 12.9. The minimum atomic E-state index is -4.91. The lowest BCUT2D eigenvalue weighted by Gasteiger charge is -2.10. The van der Waals surface area contributed by atoms with E-state index in [0.717, 1.165) is 6.07 Å². The van der Waals surface area contributed by atoms with E-state index < -0.39 is 29.7 Å². The van der Waals surface area contributed by atoms with Crippen LogP contribution in [0.3, 0.4) is 0 Å². The second-order valence-corrected chi connectivity index (χ2v) is 3.08. The standard InChI is InChI=1S/C9H6F4N2O3/c10-6-2-1-4(3-5(6)9(11,12)13)14-7(16)15-8(17)18/h1-3H,(H,17,18)(H2,14,15,16). The topological polar surface area (TPSA) is 78.4 Å². The van der Waals surface area contributed by atoms with E-state index in [1.807, 2.05) is 5.32 Å². The number of hydrogen-bond donors (Lipinski definition) is 3. The average molecular weight is 266 g/mol. The normalized spacial score (nSPS) is 10.9. The van der Waals surface area contributed by atoms with E-state index in [1.165, 1.54) is 5.32 Å². The maximum Gasteiger partial charge on any atom is 0.419 e. The predicted octanol–water partition coefficient (Wildman–Crippen LogP) is 2.64. The van der Waals surface area contributed by atoms with Crippen LogP contribution in [0.1, 0.15) is 5.56 Å².